The van der Waals surface area contributed by atoms with Gasteiger partial charge in [-0.25, -0.2) is 0 Å². The predicted molar refractivity (Wildman–Crippen MR) is 96.2 cm³/mol. The molecule has 1 aliphatic heterocycles. The Labute approximate surface area is 156 Å². The fraction of sp³-hybridized carbons (Fsp3) is 0.444. The highest BCUT2D eigenvalue weighted by molar-refractivity contribution is 5.98. The largest absolute Gasteiger partial charge is 0.481 e. The van der Waals surface area contributed by atoms with Crippen LogP contribution in [0, 0.1) is 5.92 Å². The first-order valence-electron chi connectivity index (χ1n) is 8.58. The van der Waals surface area contributed by atoms with Gasteiger partial charge in [0.05, 0.1) is 18.9 Å². The predicted octanol–water partition coefficient (Wildman–Crippen LogP) is 0.325. The van der Waals surface area contributed by atoms with Gasteiger partial charge in [0.2, 0.25) is 11.8 Å². The molecule has 27 heavy (non-hydrogen) atoms. The van der Waals surface area contributed by atoms with E-state index in [0.717, 1.165) is 0 Å². The second-order valence-electron chi connectivity index (χ2n) is 6.20. The molecule has 3 amide bonds. The maximum absolute atomic E-state index is 12.3. The molecule has 1 aromatic carbocycles. The van der Waals surface area contributed by atoms with Crippen molar-refractivity contribution in [2.75, 3.05) is 38.7 Å². The van der Waals surface area contributed by atoms with E-state index in [2.05, 4.69) is 10.6 Å². The molecule has 1 saturated heterocycles. The second kappa shape index (κ2) is 9.67. The summed E-state index contributed by atoms with van der Waals surface area (Å²) < 4.78 is 4.95. The van der Waals surface area contributed by atoms with Crippen LogP contribution in [0.1, 0.15) is 23.2 Å². The van der Waals surface area contributed by atoms with Crippen molar-refractivity contribution >= 4 is 29.4 Å². The number of benzene rings is 1. The number of anilines is 1. The van der Waals surface area contributed by atoms with Crippen LogP contribution in [-0.2, 0) is 19.1 Å². The number of carbonyl (C=O) groups is 4. The van der Waals surface area contributed by atoms with Crippen LogP contribution < -0.4 is 10.6 Å². The molecule has 0 aliphatic carbocycles. The van der Waals surface area contributed by atoms with Gasteiger partial charge >= 0.3 is 5.97 Å². The third-order valence-electron chi connectivity index (χ3n) is 4.19. The Kier molecular flexibility index (Phi) is 7.30. The van der Waals surface area contributed by atoms with Crippen molar-refractivity contribution in [2.24, 2.45) is 5.92 Å². The lowest BCUT2D eigenvalue weighted by molar-refractivity contribution is -0.136. The number of carbonyl (C=O) groups excluding carboxylic acids is 3. The lowest BCUT2D eigenvalue weighted by atomic mass is 10.1. The van der Waals surface area contributed by atoms with Crippen molar-refractivity contribution in [3.8, 4) is 0 Å². The van der Waals surface area contributed by atoms with E-state index >= 15 is 0 Å². The fourth-order valence-electron chi connectivity index (χ4n) is 2.70. The van der Waals surface area contributed by atoms with Crippen LogP contribution in [0.15, 0.2) is 24.3 Å². The van der Waals surface area contributed by atoms with Gasteiger partial charge in [0.1, 0.15) is 0 Å². The molecule has 0 spiro atoms. The Morgan fingerprint density at radius 2 is 1.96 bits per heavy atom. The maximum Gasteiger partial charge on any atom is 0.305 e. The molecule has 1 heterocycles. The zero-order valence-electron chi connectivity index (χ0n) is 15.1. The third-order valence-corrected chi connectivity index (χ3v) is 4.19. The molecular weight excluding hydrogens is 354 g/mol. The van der Waals surface area contributed by atoms with Gasteiger partial charge in [0.15, 0.2) is 0 Å². The minimum absolute atomic E-state index is 0.0436. The Bertz CT molecular complexity index is 704. The van der Waals surface area contributed by atoms with Gasteiger partial charge in [-0.2, -0.15) is 0 Å². The normalized spacial score (nSPS) is 16.3. The first-order chi connectivity index (χ1) is 12.9. The third kappa shape index (κ3) is 6.07. The molecule has 3 N–H and O–H groups in total. The number of amides is 3. The number of carboxylic acids is 1. The number of rotatable bonds is 9. The van der Waals surface area contributed by atoms with E-state index in [-0.39, 0.29) is 37.1 Å². The summed E-state index contributed by atoms with van der Waals surface area (Å²) in [6.07, 6.45) is 0.0149. The molecule has 0 radical (unpaired) electrons. The van der Waals surface area contributed by atoms with Crippen LogP contribution in [0.25, 0.3) is 0 Å². The number of hydrogen-bond acceptors (Lipinski definition) is 5. The van der Waals surface area contributed by atoms with Crippen molar-refractivity contribution in [2.45, 2.75) is 12.8 Å². The van der Waals surface area contributed by atoms with E-state index in [0.29, 0.717) is 30.9 Å². The van der Waals surface area contributed by atoms with Crippen LogP contribution in [0.3, 0.4) is 0 Å². The van der Waals surface area contributed by atoms with Crippen molar-refractivity contribution in [1.29, 1.82) is 0 Å². The van der Waals surface area contributed by atoms with Gasteiger partial charge in [-0.3, -0.25) is 19.2 Å². The van der Waals surface area contributed by atoms with Gasteiger partial charge in [-0.15, -0.1) is 0 Å². The molecule has 1 atom stereocenters. The molecule has 1 aliphatic rings. The molecule has 146 valence electrons. The van der Waals surface area contributed by atoms with Gasteiger partial charge in [-0.1, -0.05) is 0 Å². The lowest BCUT2D eigenvalue weighted by Gasteiger charge is -2.15. The summed E-state index contributed by atoms with van der Waals surface area (Å²) >= 11 is 0. The first kappa shape index (κ1) is 20.4. The Morgan fingerprint density at radius 3 is 2.59 bits per heavy atom. The molecule has 2 rings (SSSR count). The number of nitrogens with zero attached hydrogens (tertiary/aromatic N) is 1. The number of methoxy groups -OCH3 is 1. The van der Waals surface area contributed by atoms with Crippen LogP contribution in [0.5, 0.6) is 0 Å². The zero-order valence-corrected chi connectivity index (χ0v) is 15.1. The Balaban J connectivity index is 1.85. The van der Waals surface area contributed by atoms with E-state index in [4.69, 9.17) is 9.84 Å². The monoisotopic (exact) mass is 377 g/mol. The van der Waals surface area contributed by atoms with Gasteiger partial charge < -0.3 is 25.4 Å². The topological polar surface area (TPSA) is 125 Å². The van der Waals surface area contributed by atoms with Crippen LogP contribution in [0.4, 0.5) is 5.69 Å². The summed E-state index contributed by atoms with van der Waals surface area (Å²) in [4.78, 5) is 48.2. The molecule has 9 heteroatoms. The highest BCUT2D eigenvalue weighted by Gasteiger charge is 2.33. The summed E-state index contributed by atoms with van der Waals surface area (Å²) in [6, 6.07) is 6.25. The highest BCUT2D eigenvalue weighted by Crippen LogP contribution is 2.20. The molecule has 0 bridgehead atoms. The molecule has 9 nitrogen and oxygen atoms in total. The van der Waals surface area contributed by atoms with Crippen LogP contribution in [-0.4, -0.2) is 67.0 Å². The van der Waals surface area contributed by atoms with Gasteiger partial charge in [0.25, 0.3) is 5.91 Å². The second-order valence-corrected chi connectivity index (χ2v) is 6.20. The first-order valence-corrected chi connectivity index (χ1v) is 8.58. The minimum atomic E-state index is -0.987. The van der Waals surface area contributed by atoms with Crippen molar-refractivity contribution in [1.82, 2.24) is 10.2 Å². The summed E-state index contributed by atoms with van der Waals surface area (Å²) in [6.45, 7) is 1.29. The highest BCUT2D eigenvalue weighted by atomic mass is 16.5. The standard InChI is InChI=1S/C18H23N3O6/c1-27-9-8-21-11-13(10-15(21)22)18(26)20-14-4-2-12(3-5-14)17(25)19-7-6-16(23)24/h2-5,13H,6-11H2,1H3,(H,19,25)(H,20,26)(H,23,24). The number of carboxylic acid groups (broad SMARTS) is 1. The van der Waals surface area contributed by atoms with E-state index in [1.807, 2.05) is 0 Å². The smallest absolute Gasteiger partial charge is 0.305 e. The summed E-state index contributed by atoms with van der Waals surface area (Å²) in [5.41, 5.74) is 0.880. The number of aliphatic carboxylic acids is 1. The molecular formula is C18H23N3O6. The average Bonchev–Trinajstić information content (AvgIpc) is 3.01. The quantitative estimate of drug-likeness (QED) is 0.569. The van der Waals surface area contributed by atoms with E-state index in [9.17, 15) is 19.2 Å². The molecule has 1 aromatic rings. The number of ether oxygens (including phenoxy) is 1. The number of hydrogen-bond donors (Lipinski definition) is 3. The molecule has 0 saturated carbocycles. The Morgan fingerprint density at radius 1 is 1.26 bits per heavy atom. The summed E-state index contributed by atoms with van der Waals surface area (Å²) in [5.74, 6) is -2.11. The minimum Gasteiger partial charge on any atom is -0.481 e. The summed E-state index contributed by atoms with van der Waals surface area (Å²) in [7, 11) is 1.56. The number of likely N-dealkylation sites (tertiary alicyclic amines) is 1. The van der Waals surface area contributed by atoms with E-state index in [1.54, 1.807) is 24.1 Å². The number of nitrogens with one attached hydrogen (secondary N) is 2. The van der Waals surface area contributed by atoms with E-state index < -0.39 is 11.9 Å². The molecule has 1 unspecified atom stereocenters. The zero-order chi connectivity index (χ0) is 19.8. The molecule has 1 fully saturated rings. The SMILES string of the molecule is COCCN1CC(C(=O)Nc2ccc(C(=O)NCCC(=O)O)cc2)CC1=O. The fourth-order valence-corrected chi connectivity index (χ4v) is 2.70. The van der Waals surface area contributed by atoms with Crippen molar-refractivity contribution in [3.63, 3.8) is 0 Å². The molecule has 0 aromatic heterocycles. The lowest BCUT2D eigenvalue weighted by Crippen LogP contribution is -2.30. The summed E-state index contributed by atoms with van der Waals surface area (Å²) in [5, 5.41) is 13.8. The van der Waals surface area contributed by atoms with Crippen molar-refractivity contribution < 1.29 is 29.0 Å². The average molecular weight is 377 g/mol. The van der Waals surface area contributed by atoms with Crippen molar-refractivity contribution in [3.05, 3.63) is 29.8 Å². The maximum atomic E-state index is 12.3. The van der Waals surface area contributed by atoms with Gasteiger partial charge in [-0.05, 0) is 24.3 Å². The van der Waals surface area contributed by atoms with Crippen LogP contribution >= 0.6 is 0 Å². The van der Waals surface area contributed by atoms with E-state index in [1.165, 1.54) is 12.1 Å². The van der Waals surface area contributed by atoms with Gasteiger partial charge in [0, 0.05) is 44.4 Å². The van der Waals surface area contributed by atoms with Crippen LogP contribution in [0.2, 0.25) is 0 Å². The Hall–Kier alpha value is -2.94.